The van der Waals surface area contributed by atoms with Crippen molar-refractivity contribution in [2.45, 2.75) is 6.42 Å². The number of aromatic nitrogens is 1. The highest BCUT2D eigenvalue weighted by Gasteiger charge is 2.10. The fourth-order valence-electron chi connectivity index (χ4n) is 2.67. The summed E-state index contributed by atoms with van der Waals surface area (Å²) in [5.41, 5.74) is 2.72. The molecule has 19 heavy (non-hydrogen) atoms. The molecule has 0 amide bonds. The molecule has 1 aromatic heterocycles. The van der Waals surface area contributed by atoms with Gasteiger partial charge in [-0.05, 0) is 28.5 Å². The van der Waals surface area contributed by atoms with Crippen molar-refractivity contribution in [1.82, 2.24) is 4.98 Å². The minimum Gasteiger partial charge on any atom is -0.255 e. The standard InChI is InChI=1S/C16H11N.2ClH/c1-4-8-14-11(5-1)9-15-13-7-3-2-6-12(13)10-17-16(14)15;;/h1-6,8-10H,7H2;2*1H. The number of nitrogens with zero attached hydrogens (tertiary/aromatic N) is 1. The van der Waals surface area contributed by atoms with Crippen LogP contribution in [0.5, 0.6) is 0 Å². The number of benzene rings is 1. The van der Waals surface area contributed by atoms with Crippen molar-refractivity contribution < 1.29 is 0 Å². The van der Waals surface area contributed by atoms with Crippen molar-refractivity contribution in [3.8, 4) is 0 Å². The summed E-state index contributed by atoms with van der Waals surface area (Å²) in [5, 5.41) is 4.95. The van der Waals surface area contributed by atoms with E-state index in [4.69, 9.17) is 0 Å². The molecule has 0 N–H and O–H groups in total. The predicted octanol–water partition coefficient (Wildman–Crippen LogP) is 2.25. The van der Waals surface area contributed by atoms with Gasteiger partial charge < -0.3 is 0 Å². The van der Waals surface area contributed by atoms with E-state index in [2.05, 4.69) is 53.6 Å². The molecule has 0 saturated carbocycles. The van der Waals surface area contributed by atoms with Gasteiger partial charge in [-0.25, -0.2) is 0 Å². The first kappa shape index (κ1) is 13.9. The molecular weight excluding hydrogens is 277 g/mol. The SMILES string of the molecule is C1=CCc2c3c(ncc2=C1)=c1ccccc1=C3.Cl.Cl. The Bertz CT molecular complexity index is 867. The molecule has 0 bridgehead atoms. The maximum Gasteiger partial charge on any atom is 0.0783 e. The Hall–Kier alpha value is -1.57. The van der Waals surface area contributed by atoms with Gasteiger partial charge in [-0.15, -0.1) is 24.8 Å². The molecule has 4 rings (SSSR count). The number of hydrogen-bond acceptors (Lipinski definition) is 1. The first-order valence-electron chi connectivity index (χ1n) is 5.89. The maximum absolute atomic E-state index is 4.62. The number of allylic oxidation sites excluding steroid dienone is 2. The molecule has 1 aromatic carbocycles. The third-order valence-corrected chi connectivity index (χ3v) is 3.51. The number of rotatable bonds is 0. The summed E-state index contributed by atoms with van der Waals surface area (Å²) in [4.78, 5) is 4.62. The largest absolute Gasteiger partial charge is 0.255 e. The highest BCUT2D eigenvalue weighted by molar-refractivity contribution is 5.85. The Morgan fingerprint density at radius 2 is 1.84 bits per heavy atom. The lowest BCUT2D eigenvalue weighted by Crippen LogP contribution is -2.14. The zero-order valence-electron chi connectivity index (χ0n) is 10.2. The fraction of sp³-hybridized carbons (Fsp3) is 0.0625. The lowest BCUT2D eigenvalue weighted by atomic mass is 10.0. The molecule has 2 aliphatic rings. The fourth-order valence-corrected chi connectivity index (χ4v) is 2.67. The van der Waals surface area contributed by atoms with Crippen LogP contribution in [0.25, 0.3) is 12.2 Å². The summed E-state index contributed by atoms with van der Waals surface area (Å²) >= 11 is 0. The molecule has 0 atom stereocenters. The van der Waals surface area contributed by atoms with E-state index < -0.39 is 0 Å². The van der Waals surface area contributed by atoms with Gasteiger partial charge in [-0.2, -0.15) is 0 Å². The molecule has 1 heterocycles. The second-order valence-corrected chi connectivity index (χ2v) is 4.48. The zero-order chi connectivity index (χ0) is 11.2. The average molecular weight is 290 g/mol. The van der Waals surface area contributed by atoms with Crippen molar-refractivity contribution >= 4 is 37.0 Å². The molecule has 2 aromatic rings. The quantitative estimate of drug-likeness (QED) is 0.619. The van der Waals surface area contributed by atoms with Crippen LogP contribution in [-0.4, -0.2) is 4.98 Å². The van der Waals surface area contributed by atoms with Gasteiger partial charge in [-0.3, -0.25) is 4.98 Å². The molecule has 0 unspecified atom stereocenters. The molecule has 0 aliphatic heterocycles. The Morgan fingerprint density at radius 1 is 1.00 bits per heavy atom. The van der Waals surface area contributed by atoms with Crippen molar-refractivity contribution in [1.29, 1.82) is 0 Å². The van der Waals surface area contributed by atoms with Gasteiger partial charge in [0.1, 0.15) is 0 Å². The van der Waals surface area contributed by atoms with Crippen molar-refractivity contribution in [2.24, 2.45) is 0 Å². The van der Waals surface area contributed by atoms with Crippen LogP contribution in [0.2, 0.25) is 0 Å². The van der Waals surface area contributed by atoms with Gasteiger partial charge in [0.15, 0.2) is 0 Å². The van der Waals surface area contributed by atoms with Crippen LogP contribution in [0.3, 0.4) is 0 Å². The predicted molar refractivity (Wildman–Crippen MR) is 83.0 cm³/mol. The van der Waals surface area contributed by atoms with E-state index in [1.807, 2.05) is 6.20 Å². The smallest absolute Gasteiger partial charge is 0.0783 e. The number of halogens is 2. The minimum atomic E-state index is 0. The summed E-state index contributed by atoms with van der Waals surface area (Å²) in [6, 6.07) is 8.47. The summed E-state index contributed by atoms with van der Waals surface area (Å²) in [7, 11) is 0. The Morgan fingerprint density at radius 3 is 2.74 bits per heavy atom. The first-order valence-corrected chi connectivity index (χ1v) is 5.89. The van der Waals surface area contributed by atoms with E-state index in [1.54, 1.807) is 0 Å². The molecule has 1 nitrogen and oxygen atoms in total. The van der Waals surface area contributed by atoms with Gasteiger partial charge >= 0.3 is 0 Å². The van der Waals surface area contributed by atoms with E-state index in [0.717, 1.165) is 11.8 Å². The zero-order valence-corrected chi connectivity index (χ0v) is 11.8. The van der Waals surface area contributed by atoms with E-state index in [1.165, 1.54) is 26.8 Å². The normalized spacial score (nSPS) is 12.8. The third kappa shape index (κ3) is 1.99. The van der Waals surface area contributed by atoms with Crippen LogP contribution in [0, 0.1) is 10.6 Å². The highest BCUT2D eigenvalue weighted by atomic mass is 35.5. The molecule has 2 aliphatic carbocycles. The summed E-state index contributed by atoms with van der Waals surface area (Å²) in [6.45, 7) is 0. The highest BCUT2D eigenvalue weighted by Crippen LogP contribution is 2.13. The number of hydrogen-bond donors (Lipinski definition) is 0. The Labute approximate surface area is 123 Å². The van der Waals surface area contributed by atoms with Crippen molar-refractivity contribution in [3.05, 3.63) is 74.7 Å². The summed E-state index contributed by atoms with van der Waals surface area (Å²) in [5.74, 6) is 0. The van der Waals surface area contributed by atoms with E-state index in [0.29, 0.717) is 0 Å². The molecule has 0 spiro atoms. The third-order valence-electron chi connectivity index (χ3n) is 3.51. The first-order chi connectivity index (χ1) is 8.43. The lowest BCUT2D eigenvalue weighted by molar-refractivity contribution is 1.12. The van der Waals surface area contributed by atoms with Gasteiger partial charge in [0.25, 0.3) is 0 Å². The topological polar surface area (TPSA) is 12.9 Å². The van der Waals surface area contributed by atoms with Gasteiger partial charge in [0.2, 0.25) is 0 Å². The second-order valence-electron chi connectivity index (χ2n) is 4.48. The monoisotopic (exact) mass is 289 g/mol. The van der Waals surface area contributed by atoms with Gasteiger partial charge in [-0.1, -0.05) is 42.5 Å². The summed E-state index contributed by atoms with van der Waals surface area (Å²) in [6.07, 6.45) is 11.7. The Kier molecular flexibility index (Phi) is 3.79. The van der Waals surface area contributed by atoms with Crippen LogP contribution in [0.4, 0.5) is 0 Å². The van der Waals surface area contributed by atoms with Crippen molar-refractivity contribution in [3.63, 3.8) is 0 Å². The van der Waals surface area contributed by atoms with Crippen LogP contribution in [-0.2, 0) is 6.42 Å². The van der Waals surface area contributed by atoms with E-state index in [-0.39, 0.29) is 24.8 Å². The number of pyridine rings is 1. The molecule has 0 fully saturated rings. The lowest BCUT2D eigenvalue weighted by Gasteiger charge is -2.06. The van der Waals surface area contributed by atoms with E-state index >= 15 is 0 Å². The molecule has 0 radical (unpaired) electrons. The maximum atomic E-state index is 4.62. The average Bonchev–Trinajstić information content (AvgIpc) is 2.78. The van der Waals surface area contributed by atoms with Crippen molar-refractivity contribution in [2.75, 3.05) is 0 Å². The Balaban J connectivity index is 0.000000667. The van der Waals surface area contributed by atoms with Crippen LogP contribution >= 0.6 is 24.8 Å². The molecule has 3 heteroatoms. The number of fused-ring (bicyclic) bond motifs is 4. The molecule has 0 saturated heterocycles. The molecule has 96 valence electrons. The second kappa shape index (κ2) is 5.20. The molecular formula is C16H13Cl2N. The van der Waals surface area contributed by atoms with Crippen LogP contribution in [0.1, 0.15) is 11.1 Å². The van der Waals surface area contributed by atoms with Gasteiger partial charge in [0.05, 0.1) is 5.35 Å². The van der Waals surface area contributed by atoms with E-state index in [9.17, 15) is 0 Å². The summed E-state index contributed by atoms with van der Waals surface area (Å²) < 4.78 is 0. The van der Waals surface area contributed by atoms with Gasteiger partial charge in [0, 0.05) is 17.0 Å². The van der Waals surface area contributed by atoms with Crippen LogP contribution < -0.4 is 10.4 Å². The van der Waals surface area contributed by atoms with Crippen LogP contribution in [0.15, 0.2) is 42.6 Å². The minimum absolute atomic E-state index is 0.